The maximum Gasteiger partial charge on any atom is 0.257 e. The van der Waals surface area contributed by atoms with Crippen LogP contribution in [0.1, 0.15) is 42.5 Å². The molecule has 1 aromatic rings. The summed E-state index contributed by atoms with van der Waals surface area (Å²) < 4.78 is 16.0. The second-order valence-corrected chi connectivity index (χ2v) is 8.51. The molecule has 32 heavy (non-hydrogen) atoms. The Hall–Kier alpha value is -2.32. The highest BCUT2D eigenvalue weighted by Gasteiger charge is 2.32. The zero-order valence-electron chi connectivity index (χ0n) is 19.7. The van der Waals surface area contributed by atoms with Crippen molar-refractivity contribution in [1.82, 2.24) is 14.7 Å². The number of benzene rings is 1. The Morgan fingerprint density at radius 2 is 1.84 bits per heavy atom. The molecule has 2 aliphatic heterocycles. The van der Waals surface area contributed by atoms with Crippen molar-refractivity contribution in [2.24, 2.45) is 0 Å². The molecular formula is C24H37N3O5. The summed E-state index contributed by atoms with van der Waals surface area (Å²) in [5, 5.41) is 0. The quantitative estimate of drug-likeness (QED) is 0.548. The molecule has 2 saturated heterocycles. The Morgan fingerprint density at radius 1 is 1.06 bits per heavy atom. The summed E-state index contributed by atoms with van der Waals surface area (Å²) in [6, 6.07) is 5.32. The number of ether oxygens (including phenoxy) is 3. The molecule has 0 spiro atoms. The van der Waals surface area contributed by atoms with Crippen LogP contribution in [0.5, 0.6) is 11.5 Å². The lowest BCUT2D eigenvalue weighted by atomic mass is 10.0. The fourth-order valence-electron chi connectivity index (χ4n) is 4.81. The number of hydrogen-bond donors (Lipinski definition) is 0. The lowest BCUT2D eigenvalue weighted by molar-refractivity contribution is -0.138. The number of rotatable bonds is 10. The number of piperidine rings is 1. The fraction of sp³-hybridized carbons (Fsp3) is 0.667. The Kier molecular flexibility index (Phi) is 9.17. The molecule has 0 aliphatic carbocycles. The van der Waals surface area contributed by atoms with E-state index in [-0.39, 0.29) is 24.5 Å². The highest BCUT2D eigenvalue weighted by Crippen LogP contribution is 2.32. The van der Waals surface area contributed by atoms with Gasteiger partial charge in [0.15, 0.2) is 11.5 Å². The van der Waals surface area contributed by atoms with Gasteiger partial charge in [-0.1, -0.05) is 6.07 Å². The first-order chi connectivity index (χ1) is 15.6. The molecule has 8 nitrogen and oxygen atoms in total. The molecular weight excluding hydrogens is 410 g/mol. The van der Waals surface area contributed by atoms with Crippen LogP contribution in [0.2, 0.25) is 0 Å². The predicted molar refractivity (Wildman–Crippen MR) is 122 cm³/mol. The molecule has 0 aromatic heterocycles. The van der Waals surface area contributed by atoms with Gasteiger partial charge < -0.3 is 28.9 Å². The van der Waals surface area contributed by atoms with Gasteiger partial charge in [-0.05, 0) is 63.9 Å². The average molecular weight is 448 g/mol. The van der Waals surface area contributed by atoms with Crippen LogP contribution < -0.4 is 9.47 Å². The number of para-hydroxylation sites is 1. The number of carbonyl (C=O) groups is 2. The summed E-state index contributed by atoms with van der Waals surface area (Å²) >= 11 is 0. The topological polar surface area (TPSA) is 71.6 Å². The molecule has 0 N–H and O–H groups in total. The molecule has 8 heteroatoms. The van der Waals surface area contributed by atoms with Crippen molar-refractivity contribution >= 4 is 11.8 Å². The number of amides is 2. The largest absolute Gasteiger partial charge is 0.493 e. The summed E-state index contributed by atoms with van der Waals surface area (Å²) in [4.78, 5) is 32.4. The van der Waals surface area contributed by atoms with E-state index >= 15 is 0 Å². The van der Waals surface area contributed by atoms with Gasteiger partial charge in [0.2, 0.25) is 5.91 Å². The van der Waals surface area contributed by atoms with Crippen LogP contribution in [-0.4, -0.2) is 99.8 Å². The predicted octanol–water partition coefficient (Wildman–Crippen LogP) is 2.27. The van der Waals surface area contributed by atoms with Crippen molar-refractivity contribution in [1.29, 1.82) is 0 Å². The van der Waals surface area contributed by atoms with E-state index in [9.17, 15) is 9.59 Å². The number of carbonyl (C=O) groups excluding carboxylic acids is 2. The Morgan fingerprint density at radius 3 is 2.53 bits per heavy atom. The summed E-state index contributed by atoms with van der Waals surface area (Å²) in [6.07, 6.45) is 5.20. The molecule has 1 aromatic carbocycles. The van der Waals surface area contributed by atoms with Crippen LogP contribution in [0.4, 0.5) is 0 Å². The molecule has 2 aliphatic rings. The molecule has 0 radical (unpaired) electrons. The van der Waals surface area contributed by atoms with Crippen molar-refractivity contribution in [3.05, 3.63) is 23.8 Å². The first-order valence-corrected chi connectivity index (χ1v) is 11.6. The summed E-state index contributed by atoms with van der Waals surface area (Å²) in [7, 11) is 4.65. The van der Waals surface area contributed by atoms with E-state index in [1.807, 2.05) is 9.80 Å². The molecule has 3 rings (SSSR count). The van der Waals surface area contributed by atoms with E-state index in [0.717, 1.165) is 38.9 Å². The van der Waals surface area contributed by atoms with Crippen LogP contribution in [-0.2, 0) is 9.53 Å². The smallest absolute Gasteiger partial charge is 0.257 e. The number of likely N-dealkylation sites (tertiary alicyclic amines) is 2. The summed E-state index contributed by atoms with van der Waals surface area (Å²) in [5.41, 5.74) is 0.483. The van der Waals surface area contributed by atoms with Crippen LogP contribution in [0, 0.1) is 0 Å². The van der Waals surface area contributed by atoms with Gasteiger partial charge in [0.25, 0.3) is 5.91 Å². The minimum atomic E-state index is -0.0957. The van der Waals surface area contributed by atoms with Crippen molar-refractivity contribution in [2.75, 3.05) is 67.2 Å². The minimum absolute atomic E-state index is 0.00724. The van der Waals surface area contributed by atoms with E-state index in [4.69, 9.17) is 14.2 Å². The van der Waals surface area contributed by atoms with E-state index in [0.29, 0.717) is 36.7 Å². The Balaban J connectivity index is 1.69. The van der Waals surface area contributed by atoms with E-state index in [1.165, 1.54) is 12.8 Å². The lowest BCUT2D eigenvalue weighted by Gasteiger charge is -2.39. The maximum absolute atomic E-state index is 13.4. The van der Waals surface area contributed by atoms with Crippen molar-refractivity contribution < 1.29 is 23.8 Å². The van der Waals surface area contributed by atoms with E-state index in [1.54, 1.807) is 39.5 Å². The zero-order valence-corrected chi connectivity index (χ0v) is 19.7. The molecule has 178 valence electrons. The molecule has 1 unspecified atom stereocenters. The highest BCUT2D eigenvalue weighted by atomic mass is 16.5. The van der Waals surface area contributed by atoms with Gasteiger partial charge in [0.05, 0.1) is 19.8 Å². The third-order valence-electron chi connectivity index (χ3n) is 6.42. The molecule has 0 bridgehead atoms. The number of hydrogen-bond acceptors (Lipinski definition) is 6. The van der Waals surface area contributed by atoms with Gasteiger partial charge in [0, 0.05) is 32.8 Å². The Labute approximate surface area is 191 Å². The second kappa shape index (κ2) is 12.1. The summed E-state index contributed by atoms with van der Waals surface area (Å²) in [5.74, 6) is 0.875. The third-order valence-corrected chi connectivity index (χ3v) is 6.42. The van der Waals surface area contributed by atoms with Gasteiger partial charge in [-0.15, -0.1) is 0 Å². The Bertz CT molecular complexity index is 766. The van der Waals surface area contributed by atoms with Crippen molar-refractivity contribution in [2.45, 2.75) is 38.1 Å². The van der Waals surface area contributed by atoms with Crippen LogP contribution in [0.3, 0.4) is 0 Å². The van der Waals surface area contributed by atoms with Crippen LogP contribution in [0.15, 0.2) is 18.2 Å². The fourth-order valence-corrected chi connectivity index (χ4v) is 4.81. The molecule has 2 heterocycles. The maximum atomic E-state index is 13.4. The van der Waals surface area contributed by atoms with E-state index < -0.39 is 0 Å². The molecule has 2 amide bonds. The highest BCUT2D eigenvalue weighted by molar-refractivity contribution is 5.98. The van der Waals surface area contributed by atoms with Gasteiger partial charge in [-0.25, -0.2) is 0 Å². The van der Waals surface area contributed by atoms with Crippen molar-refractivity contribution in [3.63, 3.8) is 0 Å². The number of methoxy groups -OCH3 is 3. The minimum Gasteiger partial charge on any atom is -0.493 e. The second-order valence-electron chi connectivity index (χ2n) is 8.51. The SMILES string of the molecule is COCC(=O)N(CCCN1CCCC1)C1CCCN(C(=O)c2cccc(OC)c2OC)C1. The van der Waals surface area contributed by atoms with Crippen LogP contribution in [0.25, 0.3) is 0 Å². The van der Waals surface area contributed by atoms with Crippen LogP contribution >= 0.6 is 0 Å². The first kappa shape index (κ1) is 24.3. The standard InChI is InChI=1S/C24H37N3O5/c1-30-18-22(28)27(16-8-14-25-12-4-5-13-25)19-9-7-15-26(17-19)24(29)20-10-6-11-21(31-2)23(20)32-3/h6,10-11,19H,4-5,7-9,12-18H2,1-3H3. The average Bonchev–Trinajstić information content (AvgIpc) is 3.34. The van der Waals surface area contributed by atoms with Gasteiger partial charge in [-0.2, -0.15) is 0 Å². The number of nitrogens with zero attached hydrogens (tertiary/aromatic N) is 3. The van der Waals surface area contributed by atoms with Crippen molar-refractivity contribution in [3.8, 4) is 11.5 Å². The van der Waals surface area contributed by atoms with Gasteiger partial charge in [0.1, 0.15) is 6.61 Å². The zero-order chi connectivity index (χ0) is 22.9. The monoisotopic (exact) mass is 447 g/mol. The summed E-state index contributed by atoms with van der Waals surface area (Å²) in [6.45, 7) is 5.24. The van der Waals surface area contributed by atoms with Gasteiger partial charge in [-0.3, -0.25) is 9.59 Å². The lowest BCUT2D eigenvalue weighted by Crippen LogP contribution is -2.53. The first-order valence-electron chi connectivity index (χ1n) is 11.6. The molecule has 1 atom stereocenters. The van der Waals surface area contributed by atoms with Gasteiger partial charge >= 0.3 is 0 Å². The molecule has 0 saturated carbocycles. The molecule has 2 fully saturated rings. The third kappa shape index (κ3) is 5.92. The normalized spacial score (nSPS) is 19.1. The van der Waals surface area contributed by atoms with E-state index in [2.05, 4.69) is 4.90 Å².